The van der Waals surface area contributed by atoms with Crippen LogP contribution in [0.5, 0.6) is 0 Å². The first kappa shape index (κ1) is 16.3. The van der Waals surface area contributed by atoms with Crippen LogP contribution in [0.25, 0.3) is 5.52 Å². The number of ether oxygens (including phenoxy) is 1. The van der Waals surface area contributed by atoms with Crippen molar-refractivity contribution in [3.05, 3.63) is 30.2 Å². The Morgan fingerprint density at radius 2 is 2.18 bits per heavy atom. The first-order chi connectivity index (χ1) is 10.4. The van der Waals surface area contributed by atoms with Gasteiger partial charge < -0.3 is 4.74 Å². The molecule has 2 aromatic rings. The number of pyridine rings is 1. The number of sulfonamides is 1. The van der Waals surface area contributed by atoms with E-state index in [0.717, 1.165) is 0 Å². The zero-order valence-electron chi connectivity index (χ0n) is 11.5. The van der Waals surface area contributed by atoms with Gasteiger partial charge in [-0.25, -0.2) is 31.7 Å². The summed E-state index contributed by atoms with van der Waals surface area (Å²) in [4.78, 5) is 15.6. The molecule has 0 fully saturated rings. The van der Waals surface area contributed by atoms with Crippen LogP contribution in [0.2, 0.25) is 0 Å². The molecular formula is C12H13F2N3O4S. The highest BCUT2D eigenvalue weighted by Crippen LogP contribution is 2.18. The minimum Gasteiger partial charge on any atom is -0.460 e. The monoisotopic (exact) mass is 333 g/mol. The van der Waals surface area contributed by atoms with E-state index in [0.29, 0.717) is 0 Å². The van der Waals surface area contributed by atoms with E-state index in [2.05, 4.69) is 4.98 Å². The van der Waals surface area contributed by atoms with Crippen LogP contribution < -0.4 is 4.72 Å². The lowest BCUT2D eigenvalue weighted by Gasteiger charge is -2.03. The largest absolute Gasteiger partial charge is 0.460 e. The van der Waals surface area contributed by atoms with Crippen LogP contribution in [0.3, 0.4) is 0 Å². The number of alkyl halides is 2. The number of halogens is 2. The van der Waals surface area contributed by atoms with Crippen molar-refractivity contribution in [2.45, 2.75) is 18.4 Å². The molecule has 0 aliphatic rings. The van der Waals surface area contributed by atoms with Crippen molar-refractivity contribution in [2.24, 2.45) is 0 Å². The summed E-state index contributed by atoms with van der Waals surface area (Å²) in [6.07, 6.45) is -1.41. The maximum absolute atomic E-state index is 12.2. The summed E-state index contributed by atoms with van der Waals surface area (Å²) in [7, 11) is -4.28. The van der Waals surface area contributed by atoms with Crippen molar-refractivity contribution in [1.29, 1.82) is 0 Å². The van der Waals surface area contributed by atoms with E-state index >= 15 is 0 Å². The lowest BCUT2D eigenvalue weighted by molar-refractivity contribution is 0.0510. The van der Waals surface area contributed by atoms with Crippen molar-refractivity contribution in [2.75, 3.05) is 13.2 Å². The van der Waals surface area contributed by atoms with Gasteiger partial charge in [-0.15, -0.1) is 0 Å². The SMILES string of the molecule is CCOC(=O)c1nc(S(=O)(=O)NCC(F)F)c2ccccn12. The quantitative estimate of drug-likeness (QED) is 0.798. The van der Waals surface area contributed by atoms with Gasteiger partial charge in [0.1, 0.15) is 0 Å². The number of aromatic nitrogens is 2. The minimum absolute atomic E-state index is 0.0896. The van der Waals surface area contributed by atoms with E-state index in [9.17, 15) is 22.0 Å². The number of esters is 1. The van der Waals surface area contributed by atoms with Crippen LogP contribution in [0.15, 0.2) is 29.4 Å². The van der Waals surface area contributed by atoms with Gasteiger partial charge in [0, 0.05) is 6.20 Å². The Labute approximate surface area is 125 Å². The third kappa shape index (κ3) is 3.22. The van der Waals surface area contributed by atoms with Crippen molar-refractivity contribution < 1.29 is 26.7 Å². The summed E-state index contributed by atoms with van der Waals surface area (Å²) in [6.45, 7) is 0.644. The number of rotatable bonds is 6. The summed E-state index contributed by atoms with van der Waals surface area (Å²) in [5, 5.41) is -0.503. The van der Waals surface area contributed by atoms with Crippen LogP contribution in [0.1, 0.15) is 17.5 Å². The molecule has 1 N–H and O–H groups in total. The normalized spacial score (nSPS) is 12.0. The maximum Gasteiger partial charge on any atom is 0.374 e. The Morgan fingerprint density at radius 3 is 2.82 bits per heavy atom. The van der Waals surface area contributed by atoms with E-state index < -0.39 is 34.0 Å². The predicted molar refractivity (Wildman–Crippen MR) is 72.3 cm³/mol. The van der Waals surface area contributed by atoms with Gasteiger partial charge in [0.25, 0.3) is 16.4 Å². The standard InChI is InChI=1S/C12H13F2N3O4S/c1-2-21-12(18)10-16-11(8-5-3-4-6-17(8)10)22(19,20)15-7-9(13)14/h3-6,9,15H,2,7H2,1H3. The van der Waals surface area contributed by atoms with Crippen molar-refractivity contribution in [3.8, 4) is 0 Å². The van der Waals surface area contributed by atoms with Gasteiger partial charge in [0.15, 0.2) is 5.03 Å². The molecule has 22 heavy (non-hydrogen) atoms. The van der Waals surface area contributed by atoms with E-state index in [1.807, 2.05) is 0 Å². The molecule has 0 aromatic carbocycles. The zero-order chi connectivity index (χ0) is 16.3. The number of nitrogens with zero attached hydrogens (tertiary/aromatic N) is 2. The molecule has 0 spiro atoms. The molecular weight excluding hydrogens is 320 g/mol. The Kier molecular flexibility index (Phi) is 4.71. The highest BCUT2D eigenvalue weighted by molar-refractivity contribution is 7.89. The van der Waals surface area contributed by atoms with Crippen molar-refractivity contribution >= 4 is 21.5 Å². The number of hydrogen-bond donors (Lipinski definition) is 1. The van der Waals surface area contributed by atoms with Gasteiger partial charge in [0.2, 0.25) is 5.82 Å². The van der Waals surface area contributed by atoms with Crippen molar-refractivity contribution in [1.82, 2.24) is 14.1 Å². The first-order valence-corrected chi connectivity index (χ1v) is 7.77. The number of carbonyl (C=O) groups is 1. The van der Waals surface area contributed by atoms with Gasteiger partial charge in [-0.1, -0.05) is 6.07 Å². The Morgan fingerprint density at radius 1 is 1.45 bits per heavy atom. The van der Waals surface area contributed by atoms with Crippen LogP contribution in [0, 0.1) is 0 Å². The molecule has 0 unspecified atom stereocenters. The molecule has 0 bridgehead atoms. The molecule has 120 valence electrons. The number of imidazole rings is 1. The fourth-order valence-corrected chi connectivity index (χ4v) is 2.92. The van der Waals surface area contributed by atoms with E-state index in [1.165, 1.54) is 22.7 Å². The molecule has 7 nitrogen and oxygen atoms in total. The van der Waals surface area contributed by atoms with E-state index in [4.69, 9.17) is 4.74 Å². The molecule has 2 rings (SSSR count). The fourth-order valence-electron chi connectivity index (χ4n) is 1.79. The topological polar surface area (TPSA) is 89.8 Å². The average Bonchev–Trinajstić information content (AvgIpc) is 2.86. The molecule has 2 aromatic heterocycles. The molecule has 0 saturated carbocycles. The molecule has 0 atom stereocenters. The Hall–Kier alpha value is -2.07. The molecule has 0 saturated heterocycles. The number of fused-ring (bicyclic) bond motifs is 1. The van der Waals surface area contributed by atoms with Crippen LogP contribution in [-0.4, -0.2) is 43.3 Å². The highest BCUT2D eigenvalue weighted by atomic mass is 32.2. The number of carbonyl (C=O) groups excluding carboxylic acids is 1. The van der Waals surface area contributed by atoms with E-state index in [-0.39, 0.29) is 17.9 Å². The number of hydrogen-bond acceptors (Lipinski definition) is 5. The summed E-state index contributed by atoms with van der Waals surface area (Å²) in [5.74, 6) is -1.05. The third-order valence-electron chi connectivity index (χ3n) is 2.65. The van der Waals surface area contributed by atoms with Crippen LogP contribution >= 0.6 is 0 Å². The highest BCUT2D eigenvalue weighted by Gasteiger charge is 2.27. The smallest absolute Gasteiger partial charge is 0.374 e. The molecule has 0 aliphatic carbocycles. The van der Waals surface area contributed by atoms with Crippen LogP contribution in [0.4, 0.5) is 8.78 Å². The van der Waals surface area contributed by atoms with Gasteiger partial charge in [-0.3, -0.25) is 4.40 Å². The minimum atomic E-state index is -4.28. The Balaban J connectivity index is 2.53. The van der Waals surface area contributed by atoms with Gasteiger partial charge >= 0.3 is 5.97 Å². The zero-order valence-corrected chi connectivity index (χ0v) is 12.3. The second-order valence-electron chi connectivity index (χ2n) is 4.16. The lowest BCUT2D eigenvalue weighted by atomic mass is 10.4. The second-order valence-corrected chi connectivity index (χ2v) is 5.84. The molecule has 10 heteroatoms. The van der Waals surface area contributed by atoms with Crippen LogP contribution in [-0.2, 0) is 14.8 Å². The molecule has 0 radical (unpaired) electrons. The molecule has 0 amide bonds. The predicted octanol–water partition coefficient (Wildman–Crippen LogP) is 1.05. The van der Waals surface area contributed by atoms with Gasteiger partial charge in [-0.2, -0.15) is 0 Å². The fraction of sp³-hybridized carbons (Fsp3) is 0.333. The Bertz CT molecular complexity index is 789. The second kappa shape index (κ2) is 6.36. The van der Waals surface area contributed by atoms with E-state index in [1.54, 1.807) is 17.7 Å². The maximum atomic E-state index is 12.2. The average molecular weight is 333 g/mol. The third-order valence-corrected chi connectivity index (χ3v) is 4.01. The summed E-state index contributed by atoms with van der Waals surface area (Å²) in [5.41, 5.74) is 0.0901. The summed E-state index contributed by atoms with van der Waals surface area (Å²) >= 11 is 0. The molecule has 2 heterocycles. The number of nitrogens with one attached hydrogen (secondary N) is 1. The summed E-state index contributed by atoms with van der Waals surface area (Å²) in [6, 6.07) is 4.52. The lowest BCUT2D eigenvalue weighted by Crippen LogP contribution is -2.29. The van der Waals surface area contributed by atoms with Gasteiger partial charge in [-0.05, 0) is 19.1 Å². The molecule has 0 aliphatic heterocycles. The summed E-state index contributed by atoms with van der Waals surface area (Å²) < 4.78 is 56.3. The first-order valence-electron chi connectivity index (χ1n) is 6.29. The van der Waals surface area contributed by atoms with Crippen molar-refractivity contribution in [3.63, 3.8) is 0 Å². The van der Waals surface area contributed by atoms with Gasteiger partial charge in [0.05, 0.1) is 18.7 Å².